The third-order valence-corrected chi connectivity index (χ3v) is 8.94. The second kappa shape index (κ2) is 8.46. The van der Waals surface area contributed by atoms with E-state index in [-0.39, 0.29) is 12.5 Å². The van der Waals surface area contributed by atoms with Crippen molar-refractivity contribution >= 4 is 5.91 Å². The number of halogens is 2. The van der Waals surface area contributed by atoms with Crippen LogP contribution in [0.4, 0.5) is 8.78 Å². The standard InChI is InChI=1S/C26H36F2N2O/c1-29(9-7-26-14-18-10-19(15-26)12-20(11-18)16-26)23-4-5-25(31)30(8-6-23)17-21-2-3-22(27)13-24(21)28/h2-3,13,18-20,23H,4-12,14-17H2,1H3/t18?,19?,20?,23-,26?/m1/s1. The minimum absolute atomic E-state index is 0.0840. The van der Waals surface area contributed by atoms with Gasteiger partial charge in [0.2, 0.25) is 5.91 Å². The molecule has 170 valence electrons. The van der Waals surface area contributed by atoms with Crippen molar-refractivity contribution in [3.8, 4) is 0 Å². The van der Waals surface area contributed by atoms with Crippen LogP contribution in [0, 0.1) is 34.8 Å². The Balaban J connectivity index is 1.16. The van der Waals surface area contributed by atoms with Gasteiger partial charge in [-0.25, -0.2) is 8.78 Å². The maximum atomic E-state index is 14.1. The smallest absolute Gasteiger partial charge is 0.222 e. The zero-order chi connectivity index (χ0) is 21.6. The normalized spacial score (nSPS) is 35.1. The zero-order valence-electron chi connectivity index (χ0n) is 18.8. The highest BCUT2D eigenvalue weighted by Gasteiger charge is 2.50. The Hall–Kier alpha value is -1.49. The molecule has 0 aromatic heterocycles. The fourth-order valence-corrected chi connectivity index (χ4v) is 7.68. The molecular weight excluding hydrogens is 394 g/mol. The van der Waals surface area contributed by atoms with Gasteiger partial charge in [0, 0.05) is 37.2 Å². The van der Waals surface area contributed by atoms with Crippen LogP contribution in [0.1, 0.15) is 69.8 Å². The SMILES string of the molecule is CN(CCC12CC3CC(CC(C3)C1)C2)[C@@H]1CCC(=O)N(Cc2ccc(F)cc2F)CC1. The molecule has 3 nitrogen and oxygen atoms in total. The second-order valence-electron chi connectivity index (χ2n) is 11.2. The van der Waals surface area contributed by atoms with Gasteiger partial charge in [0.25, 0.3) is 0 Å². The topological polar surface area (TPSA) is 23.6 Å². The van der Waals surface area contributed by atoms with Crippen LogP contribution in [0.15, 0.2) is 18.2 Å². The van der Waals surface area contributed by atoms with Crippen LogP contribution in [0.25, 0.3) is 0 Å². The van der Waals surface area contributed by atoms with Gasteiger partial charge in [-0.2, -0.15) is 0 Å². The van der Waals surface area contributed by atoms with Crippen molar-refractivity contribution < 1.29 is 13.6 Å². The van der Waals surface area contributed by atoms with Gasteiger partial charge in [0.15, 0.2) is 0 Å². The molecule has 1 amide bonds. The van der Waals surface area contributed by atoms with E-state index in [9.17, 15) is 13.6 Å². The largest absolute Gasteiger partial charge is 0.338 e. The number of benzene rings is 1. The molecule has 1 atom stereocenters. The van der Waals surface area contributed by atoms with Crippen LogP contribution >= 0.6 is 0 Å². The minimum Gasteiger partial charge on any atom is -0.338 e. The quantitative estimate of drug-likeness (QED) is 0.605. The minimum atomic E-state index is -0.579. The summed E-state index contributed by atoms with van der Waals surface area (Å²) in [6.07, 6.45) is 12.4. The second-order valence-corrected chi connectivity index (χ2v) is 11.2. The molecule has 5 fully saturated rings. The van der Waals surface area contributed by atoms with Crippen molar-refractivity contribution in [2.24, 2.45) is 23.2 Å². The summed E-state index contributed by atoms with van der Waals surface area (Å²) in [6.45, 7) is 1.99. The lowest BCUT2D eigenvalue weighted by atomic mass is 9.49. The van der Waals surface area contributed by atoms with E-state index >= 15 is 0 Å². The third-order valence-electron chi connectivity index (χ3n) is 8.94. The molecule has 0 radical (unpaired) electrons. The lowest BCUT2D eigenvalue weighted by molar-refractivity contribution is -0.131. The summed E-state index contributed by atoms with van der Waals surface area (Å²) in [5.41, 5.74) is 0.985. The molecule has 1 saturated heterocycles. The number of carbonyl (C=O) groups is 1. The molecule has 5 aliphatic rings. The molecule has 1 aliphatic heterocycles. The van der Waals surface area contributed by atoms with Gasteiger partial charge in [-0.1, -0.05) is 6.07 Å². The monoisotopic (exact) mass is 430 g/mol. The Morgan fingerprint density at radius 1 is 1.06 bits per heavy atom. The molecule has 1 aromatic carbocycles. The van der Waals surface area contributed by atoms with Crippen LogP contribution in [-0.4, -0.2) is 41.9 Å². The number of likely N-dealkylation sites (tertiary alicyclic amines) is 1. The molecule has 0 N–H and O–H groups in total. The van der Waals surface area contributed by atoms with Gasteiger partial charge in [0.1, 0.15) is 11.6 Å². The highest BCUT2D eigenvalue weighted by Crippen LogP contribution is 2.61. The van der Waals surface area contributed by atoms with Gasteiger partial charge in [-0.05, 0) is 101 Å². The number of amides is 1. The number of hydrogen-bond acceptors (Lipinski definition) is 2. The molecule has 6 rings (SSSR count). The molecule has 0 spiro atoms. The Labute approximate surface area is 185 Å². The fraction of sp³-hybridized carbons (Fsp3) is 0.731. The van der Waals surface area contributed by atoms with E-state index in [0.29, 0.717) is 30.0 Å². The highest BCUT2D eigenvalue weighted by molar-refractivity contribution is 5.76. The van der Waals surface area contributed by atoms with Crippen molar-refractivity contribution in [1.29, 1.82) is 0 Å². The van der Waals surface area contributed by atoms with E-state index in [4.69, 9.17) is 0 Å². The van der Waals surface area contributed by atoms with Crippen LogP contribution in [0.5, 0.6) is 0 Å². The maximum absolute atomic E-state index is 14.1. The Morgan fingerprint density at radius 2 is 1.74 bits per heavy atom. The molecule has 31 heavy (non-hydrogen) atoms. The lowest BCUT2D eigenvalue weighted by Gasteiger charge is -2.57. The fourth-order valence-electron chi connectivity index (χ4n) is 7.68. The molecule has 4 saturated carbocycles. The number of hydrogen-bond donors (Lipinski definition) is 0. The van der Waals surface area contributed by atoms with Gasteiger partial charge in [0.05, 0.1) is 0 Å². The number of nitrogens with zero attached hydrogens (tertiary/aromatic N) is 2. The van der Waals surface area contributed by atoms with Crippen LogP contribution in [0.2, 0.25) is 0 Å². The van der Waals surface area contributed by atoms with Crippen LogP contribution < -0.4 is 0 Å². The van der Waals surface area contributed by atoms with E-state index in [0.717, 1.165) is 43.2 Å². The van der Waals surface area contributed by atoms with Gasteiger partial charge >= 0.3 is 0 Å². The molecule has 1 aromatic rings. The molecular formula is C26H36F2N2O. The van der Waals surface area contributed by atoms with Crippen molar-refractivity contribution in [2.45, 2.75) is 76.8 Å². The van der Waals surface area contributed by atoms with Crippen molar-refractivity contribution in [2.75, 3.05) is 20.1 Å². The number of carbonyl (C=O) groups excluding carboxylic acids is 1. The molecule has 4 aliphatic carbocycles. The molecule has 5 heteroatoms. The Morgan fingerprint density at radius 3 is 2.39 bits per heavy atom. The summed E-state index contributed by atoms with van der Waals surface area (Å²) >= 11 is 0. The lowest BCUT2D eigenvalue weighted by Crippen LogP contribution is -2.47. The molecule has 4 bridgehead atoms. The summed E-state index contributed by atoms with van der Waals surface area (Å²) in [5.74, 6) is 1.92. The molecule has 0 unspecified atom stereocenters. The zero-order valence-corrected chi connectivity index (χ0v) is 18.8. The van der Waals surface area contributed by atoms with Crippen LogP contribution in [-0.2, 0) is 11.3 Å². The number of rotatable bonds is 6. The first-order valence-corrected chi connectivity index (χ1v) is 12.3. The van der Waals surface area contributed by atoms with E-state index in [1.54, 1.807) is 4.90 Å². The van der Waals surface area contributed by atoms with E-state index in [1.165, 1.54) is 57.1 Å². The Bertz CT molecular complexity index is 790. The van der Waals surface area contributed by atoms with Gasteiger partial charge < -0.3 is 9.80 Å². The van der Waals surface area contributed by atoms with Crippen LogP contribution in [0.3, 0.4) is 0 Å². The first-order valence-electron chi connectivity index (χ1n) is 12.3. The third kappa shape index (κ3) is 4.53. The maximum Gasteiger partial charge on any atom is 0.222 e. The van der Waals surface area contributed by atoms with E-state index < -0.39 is 11.6 Å². The predicted molar refractivity (Wildman–Crippen MR) is 117 cm³/mol. The van der Waals surface area contributed by atoms with Crippen molar-refractivity contribution in [3.05, 3.63) is 35.4 Å². The average Bonchev–Trinajstić information content (AvgIpc) is 2.89. The van der Waals surface area contributed by atoms with Crippen molar-refractivity contribution in [3.63, 3.8) is 0 Å². The Kier molecular flexibility index (Phi) is 5.83. The average molecular weight is 431 g/mol. The predicted octanol–water partition coefficient (Wildman–Crippen LogP) is 5.38. The van der Waals surface area contributed by atoms with Crippen molar-refractivity contribution in [1.82, 2.24) is 9.80 Å². The summed E-state index contributed by atoms with van der Waals surface area (Å²) in [5, 5.41) is 0. The summed E-state index contributed by atoms with van der Waals surface area (Å²) in [4.78, 5) is 16.9. The first kappa shape index (κ1) is 21.4. The summed E-state index contributed by atoms with van der Waals surface area (Å²) < 4.78 is 27.3. The van der Waals surface area contributed by atoms with Gasteiger partial charge in [-0.3, -0.25) is 4.79 Å². The summed E-state index contributed by atoms with van der Waals surface area (Å²) in [7, 11) is 2.23. The summed E-state index contributed by atoms with van der Waals surface area (Å²) in [6, 6.07) is 4.03. The first-order chi connectivity index (χ1) is 14.9. The van der Waals surface area contributed by atoms with Gasteiger partial charge in [-0.15, -0.1) is 0 Å². The van der Waals surface area contributed by atoms with E-state index in [2.05, 4.69) is 11.9 Å². The van der Waals surface area contributed by atoms with E-state index in [1.807, 2.05) is 0 Å². The molecule has 1 heterocycles. The highest BCUT2D eigenvalue weighted by atomic mass is 19.1.